The number of carbonyl (C=O) groups is 1. The highest BCUT2D eigenvalue weighted by Crippen LogP contribution is 2.53. The van der Waals surface area contributed by atoms with E-state index in [1.54, 1.807) is 0 Å². The number of benzene rings is 2. The topological polar surface area (TPSA) is 17.1 Å². The van der Waals surface area contributed by atoms with Crippen molar-refractivity contribution in [3.63, 3.8) is 0 Å². The second-order valence-corrected chi connectivity index (χ2v) is 9.24. The smallest absolute Gasteiger partial charge is 0.165 e. The van der Waals surface area contributed by atoms with Gasteiger partial charge in [0, 0.05) is 16.5 Å². The summed E-state index contributed by atoms with van der Waals surface area (Å²) in [6.45, 7) is 0. The molecule has 0 aromatic heterocycles. The Kier molecular flexibility index (Phi) is 5.32. The van der Waals surface area contributed by atoms with E-state index in [-0.39, 0.29) is 9.86 Å². The van der Waals surface area contributed by atoms with Crippen LogP contribution in [0, 0.1) is 0 Å². The molecule has 0 saturated carbocycles. The minimum atomic E-state index is -0.135. The van der Waals surface area contributed by atoms with Crippen LogP contribution in [0.2, 0.25) is 0 Å². The van der Waals surface area contributed by atoms with Crippen LogP contribution in [0.1, 0.15) is 28.8 Å². The number of carbonyl (C=O) groups excluding carboxylic acids is 1. The molecule has 1 aliphatic heterocycles. The molecule has 0 aliphatic carbocycles. The van der Waals surface area contributed by atoms with E-state index < -0.39 is 0 Å². The third-order valence-corrected chi connectivity index (χ3v) is 7.65. The normalized spacial score (nSPS) is 17.1. The van der Waals surface area contributed by atoms with Crippen LogP contribution in [-0.4, -0.2) is 17.3 Å². The monoisotopic (exact) mass is 392 g/mol. The van der Waals surface area contributed by atoms with Crippen molar-refractivity contribution in [2.45, 2.75) is 16.9 Å². The fourth-order valence-electron chi connectivity index (χ4n) is 2.59. The molecular formula is C18H17BrOS2. The number of thioether (sulfide) groups is 2. The summed E-state index contributed by atoms with van der Waals surface area (Å²) in [7, 11) is 0. The van der Waals surface area contributed by atoms with E-state index >= 15 is 0 Å². The van der Waals surface area contributed by atoms with E-state index in [0.717, 1.165) is 21.5 Å². The summed E-state index contributed by atoms with van der Waals surface area (Å²) < 4.78 is 0.868. The van der Waals surface area contributed by atoms with Crippen LogP contribution in [-0.2, 0) is 4.08 Å². The number of rotatable bonds is 4. The van der Waals surface area contributed by atoms with Crippen LogP contribution in [0.5, 0.6) is 0 Å². The second-order valence-electron chi connectivity index (χ2n) is 5.28. The van der Waals surface area contributed by atoms with Gasteiger partial charge in [-0.05, 0) is 35.6 Å². The molecule has 0 amide bonds. The fourth-order valence-corrected chi connectivity index (χ4v) is 6.18. The van der Waals surface area contributed by atoms with Gasteiger partial charge in [-0.25, -0.2) is 0 Å². The van der Waals surface area contributed by atoms with Crippen molar-refractivity contribution in [2.24, 2.45) is 0 Å². The first-order chi connectivity index (χ1) is 10.7. The molecule has 22 heavy (non-hydrogen) atoms. The average molecular weight is 393 g/mol. The first-order valence-electron chi connectivity index (χ1n) is 7.32. The molecule has 0 atom stereocenters. The number of ketones is 1. The Morgan fingerprint density at radius 2 is 1.64 bits per heavy atom. The van der Waals surface area contributed by atoms with Crippen molar-refractivity contribution in [3.8, 4) is 0 Å². The molecule has 0 radical (unpaired) electrons. The van der Waals surface area contributed by atoms with Crippen molar-refractivity contribution in [2.75, 3.05) is 11.5 Å². The highest BCUT2D eigenvalue weighted by atomic mass is 79.9. The molecule has 4 heteroatoms. The first kappa shape index (κ1) is 16.2. The molecule has 2 aromatic carbocycles. The highest BCUT2D eigenvalue weighted by molar-refractivity contribution is 9.10. The summed E-state index contributed by atoms with van der Waals surface area (Å²) in [5.41, 5.74) is 2.06. The average Bonchev–Trinajstić information content (AvgIpc) is 2.57. The van der Waals surface area contributed by atoms with E-state index in [1.807, 2.05) is 53.9 Å². The van der Waals surface area contributed by atoms with Crippen LogP contribution >= 0.6 is 39.5 Å². The van der Waals surface area contributed by atoms with E-state index in [0.29, 0.717) is 6.42 Å². The minimum Gasteiger partial charge on any atom is -0.294 e. The maximum absolute atomic E-state index is 12.8. The Hall–Kier alpha value is -0.710. The van der Waals surface area contributed by atoms with Crippen LogP contribution in [0.3, 0.4) is 0 Å². The van der Waals surface area contributed by atoms with Gasteiger partial charge in [0.05, 0.1) is 4.08 Å². The lowest BCUT2D eigenvalue weighted by Crippen LogP contribution is -2.26. The van der Waals surface area contributed by atoms with Crippen LogP contribution in [0.4, 0.5) is 0 Å². The van der Waals surface area contributed by atoms with Gasteiger partial charge in [-0.2, -0.15) is 0 Å². The maximum Gasteiger partial charge on any atom is 0.165 e. The number of halogens is 1. The molecule has 1 saturated heterocycles. The molecule has 1 heterocycles. The highest BCUT2D eigenvalue weighted by Gasteiger charge is 2.37. The zero-order chi connectivity index (χ0) is 15.4. The molecule has 0 bridgehead atoms. The van der Waals surface area contributed by atoms with Gasteiger partial charge in [0.15, 0.2) is 5.78 Å². The van der Waals surface area contributed by atoms with E-state index in [1.165, 1.54) is 12.0 Å². The molecular weight excluding hydrogens is 376 g/mol. The molecule has 2 aromatic rings. The van der Waals surface area contributed by atoms with Gasteiger partial charge >= 0.3 is 0 Å². The molecule has 3 rings (SSSR count). The van der Waals surface area contributed by atoms with E-state index in [2.05, 4.69) is 40.2 Å². The number of Topliss-reactive ketones (excluding diaryl/α,β-unsaturated/α-hetero) is 1. The van der Waals surface area contributed by atoms with E-state index in [9.17, 15) is 4.79 Å². The Bertz CT molecular complexity index is 634. The molecule has 114 valence electrons. The Morgan fingerprint density at radius 1 is 1.00 bits per heavy atom. The largest absolute Gasteiger partial charge is 0.294 e. The predicted octanol–water partition coefficient (Wildman–Crippen LogP) is 5.75. The van der Waals surface area contributed by atoms with E-state index in [4.69, 9.17) is 0 Å². The third-order valence-electron chi connectivity index (χ3n) is 3.73. The van der Waals surface area contributed by atoms with Gasteiger partial charge in [0.25, 0.3) is 0 Å². The van der Waals surface area contributed by atoms with Gasteiger partial charge in [-0.1, -0.05) is 58.4 Å². The zero-order valence-corrected chi connectivity index (χ0v) is 15.3. The van der Waals surface area contributed by atoms with Gasteiger partial charge in [0.2, 0.25) is 0 Å². The maximum atomic E-state index is 12.8. The van der Waals surface area contributed by atoms with Gasteiger partial charge in [0.1, 0.15) is 0 Å². The summed E-state index contributed by atoms with van der Waals surface area (Å²) >= 11 is 7.27. The molecule has 0 spiro atoms. The number of hydrogen-bond acceptors (Lipinski definition) is 3. The van der Waals surface area contributed by atoms with Crippen LogP contribution < -0.4 is 0 Å². The molecule has 1 nitrogen and oxygen atoms in total. The summed E-state index contributed by atoms with van der Waals surface area (Å²) in [6.07, 6.45) is 1.77. The van der Waals surface area contributed by atoms with Crippen molar-refractivity contribution in [1.29, 1.82) is 0 Å². The molecule has 1 fully saturated rings. The van der Waals surface area contributed by atoms with Crippen molar-refractivity contribution in [1.82, 2.24) is 0 Å². The lowest BCUT2D eigenvalue weighted by Gasteiger charge is -2.36. The summed E-state index contributed by atoms with van der Waals surface area (Å²) in [5, 5.41) is 0. The van der Waals surface area contributed by atoms with Crippen LogP contribution in [0.25, 0.3) is 0 Å². The first-order valence-corrected chi connectivity index (χ1v) is 10.1. The minimum absolute atomic E-state index is 0.135. The van der Waals surface area contributed by atoms with Gasteiger partial charge in [-0.3, -0.25) is 4.79 Å². The molecule has 1 aliphatic rings. The molecule has 0 unspecified atom stereocenters. The van der Waals surface area contributed by atoms with Crippen molar-refractivity contribution in [3.05, 3.63) is 70.2 Å². The lowest BCUT2D eigenvalue weighted by molar-refractivity contribution is 0.0978. The van der Waals surface area contributed by atoms with Crippen LogP contribution in [0.15, 0.2) is 59.1 Å². The Morgan fingerprint density at radius 3 is 2.27 bits per heavy atom. The standard InChI is InChI=1S/C18H17BrOS2/c19-16-9-7-14(8-10-16)17(20)13-18(21-11-4-12-22-18)15-5-2-1-3-6-15/h1-3,5-10H,4,11-13H2. The summed E-state index contributed by atoms with van der Waals surface area (Å²) in [6, 6.07) is 18.2. The fraction of sp³-hybridized carbons (Fsp3) is 0.278. The second kappa shape index (κ2) is 7.24. The summed E-state index contributed by atoms with van der Waals surface area (Å²) in [4.78, 5) is 12.8. The zero-order valence-electron chi connectivity index (χ0n) is 12.1. The van der Waals surface area contributed by atoms with Gasteiger partial charge in [-0.15, -0.1) is 23.5 Å². The Labute approximate surface area is 148 Å². The Balaban J connectivity index is 1.87. The van der Waals surface area contributed by atoms with Crippen molar-refractivity contribution < 1.29 is 4.79 Å². The molecule has 0 N–H and O–H groups in total. The lowest BCUT2D eigenvalue weighted by atomic mass is 10.0. The predicted molar refractivity (Wildman–Crippen MR) is 101 cm³/mol. The quantitative estimate of drug-likeness (QED) is 0.616. The summed E-state index contributed by atoms with van der Waals surface area (Å²) in [5.74, 6) is 2.46. The number of hydrogen-bond donors (Lipinski definition) is 0. The third kappa shape index (κ3) is 3.61. The van der Waals surface area contributed by atoms with Gasteiger partial charge < -0.3 is 0 Å². The van der Waals surface area contributed by atoms with Crippen molar-refractivity contribution >= 4 is 45.2 Å². The SMILES string of the molecule is O=C(CC1(c2ccccc2)SCCCS1)c1ccc(Br)cc1.